The van der Waals surface area contributed by atoms with Crippen molar-refractivity contribution in [3.8, 4) is 0 Å². The monoisotopic (exact) mass is 405 g/mol. The Morgan fingerprint density at radius 2 is 2.00 bits per heavy atom. The molecule has 0 spiro atoms. The molecule has 0 radical (unpaired) electrons. The van der Waals surface area contributed by atoms with Crippen LogP contribution in [0.3, 0.4) is 0 Å². The first-order chi connectivity index (χ1) is 14.7. The number of para-hydroxylation sites is 1. The molecular formula is C23H27N5O2. The molecule has 7 heteroatoms. The fraction of sp³-hybridized carbons (Fsp3) is 0.435. The van der Waals surface area contributed by atoms with Crippen molar-refractivity contribution in [2.45, 2.75) is 18.9 Å². The van der Waals surface area contributed by atoms with Gasteiger partial charge >= 0.3 is 0 Å². The van der Waals surface area contributed by atoms with Gasteiger partial charge in [-0.2, -0.15) is 5.10 Å². The number of morpholine rings is 1. The molecule has 2 saturated heterocycles. The maximum absolute atomic E-state index is 13.3. The third-order valence-corrected chi connectivity index (χ3v) is 6.26. The number of hydrogen-bond acceptors (Lipinski definition) is 5. The minimum absolute atomic E-state index is 0.0860. The maximum atomic E-state index is 13.3. The number of fused-ring (bicyclic) bond motifs is 1. The molecule has 156 valence electrons. The van der Waals surface area contributed by atoms with E-state index in [-0.39, 0.29) is 5.91 Å². The number of carbonyl (C=O) groups excluding carboxylic acids is 1. The van der Waals surface area contributed by atoms with E-state index in [0.29, 0.717) is 32.2 Å². The van der Waals surface area contributed by atoms with Crippen molar-refractivity contribution in [1.82, 2.24) is 24.6 Å². The standard InChI is InChI=1S/C23H27N5O2/c1-26-18(6-8-24-26)16-27-9-7-17(15-27)22-14-20(19-4-2-3-5-21(19)25-22)23(29)28-10-12-30-13-11-28/h2-6,8,14,17H,7,9-13,15-16H2,1H3/t17-/m0/s1. The van der Waals surface area contributed by atoms with Crippen molar-refractivity contribution < 1.29 is 9.53 Å². The van der Waals surface area contributed by atoms with E-state index in [1.54, 1.807) is 0 Å². The highest BCUT2D eigenvalue weighted by Gasteiger charge is 2.28. The van der Waals surface area contributed by atoms with Gasteiger partial charge in [-0.05, 0) is 31.2 Å². The topological polar surface area (TPSA) is 63.5 Å². The zero-order chi connectivity index (χ0) is 20.5. The van der Waals surface area contributed by atoms with E-state index >= 15 is 0 Å². The third kappa shape index (κ3) is 3.70. The summed E-state index contributed by atoms with van der Waals surface area (Å²) >= 11 is 0. The Balaban J connectivity index is 1.42. The Morgan fingerprint density at radius 3 is 2.80 bits per heavy atom. The highest BCUT2D eigenvalue weighted by atomic mass is 16.5. The van der Waals surface area contributed by atoms with Crippen LogP contribution in [-0.2, 0) is 18.3 Å². The summed E-state index contributed by atoms with van der Waals surface area (Å²) in [4.78, 5) is 22.6. The lowest BCUT2D eigenvalue weighted by Gasteiger charge is -2.27. The molecule has 0 bridgehead atoms. The predicted molar refractivity (Wildman–Crippen MR) is 114 cm³/mol. The zero-order valence-electron chi connectivity index (χ0n) is 17.3. The fourth-order valence-electron chi connectivity index (χ4n) is 4.52. The van der Waals surface area contributed by atoms with Crippen LogP contribution in [0.15, 0.2) is 42.6 Å². The molecule has 2 fully saturated rings. The highest BCUT2D eigenvalue weighted by Crippen LogP contribution is 2.30. The lowest BCUT2D eigenvalue weighted by molar-refractivity contribution is 0.0304. The van der Waals surface area contributed by atoms with Gasteiger partial charge in [0.15, 0.2) is 0 Å². The van der Waals surface area contributed by atoms with E-state index in [9.17, 15) is 4.79 Å². The van der Waals surface area contributed by atoms with Crippen molar-refractivity contribution in [3.05, 3.63) is 59.5 Å². The molecule has 30 heavy (non-hydrogen) atoms. The molecule has 5 rings (SSSR count). The van der Waals surface area contributed by atoms with E-state index in [0.717, 1.165) is 48.2 Å². The fourth-order valence-corrected chi connectivity index (χ4v) is 4.52. The second-order valence-electron chi connectivity index (χ2n) is 8.18. The summed E-state index contributed by atoms with van der Waals surface area (Å²) in [5.74, 6) is 0.418. The van der Waals surface area contributed by atoms with Gasteiger partial charge < -0.3 is 9.64 Å². The Morgan fingerprint density at radius 1 is 1.17 bits per heavy atom. The largest absolute Gasteiger partial charge is 0.378 e. The number of pyridine rings is 1. The van der Waals surface area contributed by atoms with Crippen LogP contribution in [0.25, 0.3) is 10.9 Å². The van der Waals surface area contributed by atoms with Gasteiger partial charge in [0.05, 0.1) is 30.0 Å². The molecule has 2 aliphatic rings. The lowest BCUT2D eigenvalue weighted by atomic mass is 9.99. The van der Waals surface area contributed by atoms with Crippen molar-refractivity contribution in [2.24, 2.45) is 7.05 Å². The van der Waals surface area contributed by atoms with Crippen LogP contribution in [0.4, 0.5) is 0 Å². The second-order valence-corrected chi connectivity index (χ2v) is 8.18. The number of likely N-dealkylation sites (tertiary alicyclic amines) is 1. The highest BCUT2D eigenvalue weighted by molar-refractivity contribution is 6.06. The average molecular weight is 406 g/mol. The van der Waals surface area contributed by atoms with Crippen LogP contribution >= 0.6 is 0 Å². The van der Waals surface area contributed by atoms with Gasteiger partial charge in [0.25, 0.3) is 5.91 Å². The number of carbonyl (C=O) groups is 1. The van der Waals surface area contributed by atoms with E-state index in [2.05, 4.69) is 16.1 Å². The second kappa shape index (κ2) is 8.16. The first-order valence-corrected chi connectivity index (χ1v) is 10.6. The summed E-state index contributed by atoms with van der Waals surface area (Å²) in [7, 11) is 1.98. The summed E-state index contributed by atoms with van der Waals surface area (Å²) < 4.78 is 7.35. The number of rotatable bonds is 4. The zero-order valence-corrected chi connectivity index (χ0v) is 17.3. The number of benzene rings is 1. The molecule has 0 saturated carbocycles. The quantitative estimate of drug-likeness (QED) is 0.667. The molecule has 1 atom stereocenters. The van der Waals surface area contributed by atoms with Gasteiger partial charge in [-0.15, -0.1) is 0 Å². The molecular weight excluding hydrogens is 378 g/mol. The van der Waals surface area contributed by atoms with Gasteiger partial charge in [0.2, 0.25) is 0 Å². The molecule has 3 aromatic rings. The molecule has 1 amide bonds. The van der Waals surface area contributed by atoms with Crippen molar-refractivity contribution in [1.29, 1.82) is 0 Å². The molecule has 0 aliphatic carbocycles. The van der Waals surface area contributed by atoms with Crippen LogP contribution in [0, 0.1) is 0 Å². The van der Waals surface area contributed by atoms with E-state index < -0.39 is 0 Å². The SMILES string of the molecule is Cn1nccc1CN1CC[C@H](c2cc(C(=O)N3CCOCC3)c3ccccc3n2)C1. The number of amides is 1. The lowest BCUT2D eigenvalue weighted by Crippen LogP contribution is -2.40. The van der Waals surface area contributed by atoms with Crippen LogP contribution < -0.4 is 0 Å². The number of nitrogens with zero attached hydrogens (tertiary/aromatic N) is 5. The Hall–Kier alpha value is -2.77. The first-order valence-electron chi connectivity index (χ1n) is 10.6. The Kier molecular flexibility index (Phi) is 5.23. The maximum Gasteiger partial charge on any atom is 0.254 e. The Labute approximate surface area is 176 Å². The van der Waals surface area contributed by atoms with Crippen molar-refractivity contribution >= 4 is 16.8 Å². The molecule has 1 aromatic carbocycles. The molecule has 4 heterocycles. The number of hydrogen-bond donors (Lipinski definition) is 0. The Bertz CT molecular complexity index is 1060. The van der Waals surface area contributed by atoms with Gasteiger partial charge in [-0.3, -0.25) is 19.4 Å². The molecule has 0 N–H and O–H groups in total. The van der Waals surface area contributed by atoms with E-state index in [1.807, 2.05) is 53.2 Å². The number of ether oxygens (including phenoxy) is 1. The summed E-state index contributed by atoms with van der Waals surface area (Å²) in [6, 6.07) is 12.1. The molecule has 2 aliphatic heterocycles. The number of aromatic nitrogens is 3. The predicted octanol–water partition coefficient (Wildman–Crippen LogP) is 2.43. The van der Waals surface area contributed by atoms with Crippen LogP contribution in [0.2, 0.25) is 0 Å². The molecule has 7 nitrogen and oxygen atoms in total. The number of aryl methyl sites for hydroxylation is 1. The van der Waals surface area contributed by atoms with Gasteiger partial charge in [0.1, 0.15) is 0 Å². The first kappa shape index (κ1) is 19.2. The van der Waals surface area contributed by atoms with Crippen LogP contribution in [-0.4, -0.2) is 69.9 Å². The average Bonchev–Trinajstić information content (AvgIpc) is 3.42. The molecule has 2 aromatic heterocycles. The van der Waals surface area contributed by atoms with Crippen molar-refractivity contribution in [3.63, 3.8) is 0 Å². The van der Waals surface area contributed by atoms with Crippen LogP contribution in [0.5, 0.6) is 0 Å². The summed E-state index contributed by atoms with van der Waals surface area (Å²) in [5, 5.41) is 5.20. The van der Waals surface area contributed by atoms with E-state index in [1.165, 1.54) is 5.69 Å². The van der Waals surface area contributed by atoms with Gasteiger partial charge in [-0.25, -0.2) is 0 Å². The smallest absolute Gasteiger partial charge is 0.254 e. The summed E-state index contributed by atoms with van der Waals surface area (Å²) in [6.45, 7) is 5.36. The third-order valence-electron chi connectivity index (χ3n) is 6.26. The van der Waals surface area contributed by atoms with Crippen LogP contribution in [0.1, 0.15) is 34.1 Å². The minimum atomic E-state index is 0.0860. The van der Waals surface area contributed by atoms with E-state index in [4.69, 9.17) is 9.72 Å². The minimum Gasteiger partial charge on any atom is -0.378 e. The summed E-state index contributed by atoms with van der Waals surface area (Å²) in [5.41, 5.74) is 3.90. The normalized spacial score (nSPS) is 20.2. The molecule has 0 unspecified atom stereocenters. The van der Waals surface area contributed by atoms with Crippen molar-refractivity contribution in [2.75, 3.05) is 39.4 Å². The van der Waals surface area contributed by atoms with Gasteiger partial charge in [-0.1, -0.05) is 18.2 Å². The summed E-state index contributed by atoms with van der Waals surface area (Å²) in [6.07, 6.45) is 2.89. The van der Waals surface area contributed by atoms with Gasteiger partial charge in [0, 0.05) is 56.4 Å².